The standard InChI is InChI=1S/C13H15BFN3O2.C2H6/c1-20-11-7-9(6-10(15)12(11)13(17)19)18-4-2-14(8-16)3-5-18;1-2/h6-7H,2-5H2,1H3,(H2,17,19);1-2H3. The largest absolute Gasteiger partial charge is 0.496 e. The van der Waals surface area contributed by atoms with Crippen LogP contribution in [0.1, 0.15) is 24.2 Å². The lowest BCUT2D eigenvalue weighted by atomic mass is 9.45. The molecule has 1 aromatic rings. The fourth-order valence-corrected chi connectivity index (χ4v) is 2.42. The maximum absolute atomic E-state index is 14.0. The lowest BCUT2D eigenvalue weighted by Crippen LogP contribution is -2.36. The Hall–Kier alpha value is -2.23. The molecule has 2 N–H and O–H groups in total. The number of hydrogen-bond donors (Lipinski definition) is 1. The van der Waals surface area contributed by atoms with Gasteiger partial charge in [-0.15, -0.1) is 0 Å². The highest BCUT2D eigenvalue weighted by atomic mass is 19.1. The number of amides is 1. The normalized spacial score (nSPS) is 13.8. The first-order valence-corrected chi connectivity index (χ1v) is 7.38. The molecule has 1 saturated heterocycles. The van der Waals surface area contributed by atoms with Crippen LogP contribution in [-0.4, -0.2) is 32.8 Å². The molecular formula is C15H21BFN3O2. The maximum Gasteiger partial charge on any atom is 0.271 e. The third kappa shape index (κ3) is 3.91. The lowest BCUT2D eigenvalue weighted by Gasteiger charge is -2.30. The van der Waals surface area contributed by atoms with Crippen molar-refractivity contribution in [2.24, 2.45) is 5.73 Å². The van der Waals surface area contributed by atoms with E-state index >= 15 is 0 Å². The summed E-state index contributed by atoms with van der Waals surface area (Å²) in [6.45, 7) is 5.41. The molecular weight excluding hydrogens is 284 g/mol. The van der Waals surface area contributed by atoms with E-state index in [2.05, 4.69) is 5.97 Å². The molecule has 1 aliphatic rings. The zero-order valence-corrected chi connectivity index (χ0v) is 13.2. The van der Waals surface area contributed by atoms with E-state index in [-0.39, 0.29) is 18.0 Å². The van der Waals surface area contributed by atoms with Crippen LogP contribution in [0.15, 0.2) is 12.1 Å². The topological polar surface area (TPSA) is 79.3 Å². The number of hydrogen-bond acceptors (Lipinski definition) is 4. The van der Waals surface area contributed by atoms with Gasteiger partial charge in [0.05, 0.1) is 7.11 Å². The number of rotatable bonds is 3. The van der Waals surface area contributed by atoms with Crippen LogP contribution in [0.25, 0.3) is 0 Å². The minimum absolute atomic E-state index is 0.0582. The van der Waals surface area contributed by atoms with Crippen molar-refractivity contribution < 1.29 is 13.9 Å². The third-order valence-corrected chi connectivity index (χ3v) is 3.55. The van der Waals surface area contributed by atoms with E-state index in [0.29, 0.717) is 18.8 Å². The quantitative estimate of drug-likeness (QED) is 0.869. The number of nitriles is 1. The number of primary amides is 1. The SMILES string of the molecule is CC.COc1cc(N2CCB(C#N)CC2)cc(F)c1C(N)=O. The molecule has 0 unspecified atom stereocenters. The molecule has 0 saturated carbocycles. The number of methoxy groups -OCH3 is 1. The number of carbonyl (C=O) groups is 1. The van der Waals surface area contributed by atoms with Crippen molar-refractivity contribution in [1.29, 1.82) is 5.26 Å². The van der Waals surface area contributed by atoms with E-state index in [1.807, 2.05) is 18.7 Å². The van der Waals surface area contributed by atoms with E-state index < -0.39 is 11.7 Å². The van der Waals surface area contributed by atoms with Crippen LogP contribution in [0.5, 0.6) is 5.75 Å². The van der Waals surface area contributed by atoms with Crippen molar-refractivity contribution in [1.82, 2.24) is 0 Å². The Bertz CT molecular complexity index is 567. The highest BCUT2D eigenvalue weighted by Crippen LogP contribution is 2.30. The van der Waals surface area contributed by atoms with E-state index in [9.17, 15) is 9.18 Å². The summed E-state index contributed by atoms with van der Waals surface area (Å²) < 4.78 is 19.0. The summed E-state index contributed by atoms with van der Waals surface area (Å²) in [7, 11) is 1.37. The zero-order valence-electron chi connectivity index (χ0n) is 13.2. The Balaban J connectivity index is 0.00000116. The monoisotopic (exact) mass is 305 g/mol. The van der Waals surface area contributed by atoms with Crippen LogP contribution in [0.3, 0.4) is 0 Å². The molecule has 1 aliphatic heterocycles. The number of ether oxygens (including phenoxy) is 1. The molecule has 5 nitrogen and oxygen atoms in total. The van der Waals surface area contributed by atoms with Gasteiger partial charge in [-0.05, 0) is 18.7 Å². The van der Waals surface area contributed by atoms with Gasteiger partial charge in [0.1, 0.15) is 17.1 Å². The summed E-state index contributed by atoms with van der Waals surface area (Å²) >= 11 is 0. The molecule has 0 spiro atoms. The van der Waals surface area contributed by atoms with Crippen LogP contribution >= 0.6 is 0 Å². The first kappa shape index (κ1) is 17.8. The summed E-state index contributed by atoms with van der Waals surface area (Å²) in [6, 6.07) is 2.89. The fourth-order valence-electron chi connectivity index (χ4n) is 2.42. The fraction of sp³-hybridized carbons (Fsp3) is 0.467. The number of nitrogens with zero attached hydrogens (tertiary/aromatic N) is 2. The van der Waals surface area contributed by atoms with Crippen molar-refractivity contribution >= 4 is 18.3 Å². The molecule has 118 valence electrons. The number of benzene rings is 1. The first-order valence-electron chi connectivity index (χ1n) is 7.38. The van der Waals surface area contributed by atoms with Crippen molar-refractivity contribution in [2.75, 3.05) is 25.1 Å². The summed E-state index contributed by atoms with van der Waals surface area (Å²) in [5, 5.41) is 8.87. The van der Waals surface area contributed by atoms with Gasteiger partial charge in [0.2, 0.25) is 0 Å². The summed E-state index contributed by atoms with van der Waals surface area (Å²) in [4.78, 5) is 13.2. The first-order chi connectivity index (χ1) is 10.6. The van der Waals surface area contributed by atoms with Crippen molar-refractivity contribution in [3.8, 4) is 11.7 Å². The van der Waals surface area contributed by atoms with Crippen LogP contribution in [-0.2, 0) is 0 Å². The van der Waals surface area contributed by atoms with Gasteiger partial charge >= 0.3 is 0 Å². The second-order valence-corrected chi connectivity index (χ2v) is 4.76. The number of carbonyl (C=O) groups excluding carboxylic acids is 1. The predicted molar refractivity (Wildman–Crippen MR) is 86.0 cm³/mol. The average molecular weight is 305 g/mol. The number of halogens is 1. The zero-order chi connectivity index (χ0) is 16.7. The third-order valence-electron chi connectivity index (χ3n) is 3.55. The molecule has 22 heavy (non-hydrogen) atoms. The van der Waals surface area contributed by atoms with E-state index in [0.717, 1.165) is 12.6 Å². The average Bonchev–Trinajstić information content (AvgIpc) is 2.55. The van der Waals surface area contributed by atoms with Crippen molar-refractivity contribution in [3.63, 3.8) is 0 Å². The molecule has 0 aromatic heterocycles. The Kier molecular flexibility index (Phi) is 6.70. The number of anilines is 1. The highest BCUT2D eigenvalue weighted by Gasteiger charge is 2.25. The number of nitrogens with two attached hydrogens (primary N) is 1. The molecule has 1 aromatic carbocycles. The Morgan fingerprint density at radius 2 is 2.00 bits per heavy atom. The summed E-state index contributed by atoms with van der Waals surface area (Å²) in [6.07, 6.45) is 1.50. The maximum atomic E-state index is 14.0. The van der Waals surface area contributed by atoms with Gasteiger partial charge < -0.3 is 15.4 Å². The Morgan fingerprint density at radius 3 is 2.45 bits per heavy atom. The van der Waals surface area contributed by atoms with Gasteiger partial charge in [-0.25, -0.2) is 9.65 Å². The van der Waals surface area contributed by atoms with Gasteiger partial charge in [0.15, 0.2) is 0 Å². The molecule has 0 bridgehead atoms. The van der Waals surface area contributed by atoms with Gasteiger partial charge in [-0.2, -0.15) is 0 Å². The summed E-state index contributed by atoms with van der Waals surface area (Å²) in [5.41, 5.74) is 5.55. The van der Waals surface area contributed by atoms with Crippen LogP contribution < -0.4 is 15.4 Å². The van der Waals surface area contributed by atoms with Gasteiger partial charge in [-0.3, -0.25) is 4.79 Å². The van der Waals surface area contributed by atoms with Crippen LogP contribution in [0, 0.1) is 17.0 Å². The van der Waals surface area contributed by atoms with Gasteiger partial charge in [-0.1, -0.05) is 13.8 Å². The lowest BCUT2D eigenvalue weighted by molar-refractivity contribution is 0.0993. The van der Waals surface area contributed by atoms with Crippen molar-refractivity contribution in [3.05, 3.63) is 23.5 Å². The Labute approximate surface area is 130 Å². The van der Waals surface area contributed by atoms with E-state index in [4.69, 9.17) is 15.7 Å². The second kappa shape index (κ2) is 8.27. The molecule has 0 aliphatic carbocycles. The van der Waals surface area contributed by atoms with Gasteiger partial charge in [0.25, 0.3) is 12.6 Å². The van der Waals surface area contributed by atoms with E-state index in [1.165, 1.54) is 13.2 Å². The molecule has 2 rings (SSSR count). The molecule has 0 atom stereocenters. The molecule has 1 amide bonds. The van der Waals surface area contributed by atoms with Crippen molar-refractivity contribution in [2.45, 2.75) is 26.5 Å². The molecule has 1 fully saturated rings. The minimum Gasteiger partial charge on any atom is -0.496 e. The Morgan fingerprint density at radius 1 is 1.41 bits per heavy atom. The molecule has 1 heterocycles. The van der Waals surface area contributed by atoms with Gasteiger partial charge in [0, 0.05) is 30.8 Å². The minimum atomic E-state index is -0.853. The second-order valence-electron chi connectivity index (χ2n) is 4.76. The van der Waals surface area contributed by atoms with E-state index in [1.54, 1.807) is 6.07 Å². The summed E-state index contributed by atoms with van der Waals surface area (Å²) in [5.74, 6) is 0.843. The molecule has 7 heteroatoms. The smallest absolute Gasteiger partial charge is 0.271 e. The predicted octanol–water partition coefficient (Wildman–Crippen LogP) is 2.34. The molecule has 0 radical (unpaired) electrons. The van der Waals surface area contributed by atoms with Crippen LogP contribution in [0.4, 0.5) is 10.1 Å². The van der Waals surface area contributed by atoms with Crippen LogP contribution in [0.2, 0.25) is 12.6 Å². The highest BCUT2D eigenvalue weighted by molar-refractivity contribution is 6.67.